The number of hydrogen-bond donors (Lipinski definition) is 4. The van der Waals surface area contributed by atoms with E-state index in [0.717, 1.165) is 0 Å². The predicted octanol–water partition coefficient (Wildman–Crippen LogP) is -13.0. The van der Waals surface area contributed by atoms with Gasteiger partial charge >= 0.3 is 126 Å². The van der Waals surface area contributed by atoms with Crippen molar-refractivity contribution >= 4 is 7.82 Å². The van der Waals surface area contributed by atoms with Gasteiger partial charge in [0.1, 0.15) is 0 Å². The van der Waals surface area contributed by atoms with Crippen molar-refractivity contribution in [3.05, 3.63) is 0 Å². The molecular weight excluding hydrogens is 294 g/mol. The summed E-state index contributed by atoms with van der Waals surface area (Å²) in [4.78, 5) is 16.1. The second-order valence-corrected chi connectivity index (χ2v) is 2.43. The first-order chi connectivity index (χ1) is 4.06. The molecule has 0 rings (SSSR count). The van der Waals surface area contributed by atoms with Gasteiger partial charge in [-0.05, 0) is 0 Å². The Bertz CT molecular complexity index is 142. The molecule has 0 unspecified atom stereocenters. The standard InChI is InChI=1S/C2H9N2O4P.Mn.4Na.4H/c3-1-2-4-8-9(5,6)7;;;;;;;;;/h4H,1-3H2,(H2,5,6,7);;;;;;;;;/q;;4*+1;4*-1. The minimum absolute atomic E-state index is 0. The van der Waals surface area contributed by atoms with Crippen molar-refractivity contribution < 1.29 is 160 Å². The van der Waals surface area contributed by atoms with E-state index in [2.05, 4.69) is 4.62 Å². The second kappa shape index (κ2) is 22.7. The maximum absolute atomic E-state index is 9.87. The molecule has 0 aromatic rings. The number of nitrogens with one attached hydrogen (secondary N) is 1. The van der Waals surface area contributed by atoms with Crippen molar-refractivity contribution in [3.63, 3.8) is 0 Å². The van der Waals surface area contributed by atoms with Crippen LogP contribution in [0.25, 0.3) is 0 Å². The van der Waals surface area contributed by atoms with Gasteiger partial charge in [0.25, 0.3) is 0 Å². The zero-order chi connectivity index (χ0) is 7.33. The summed E-state index contributed by atoms with van der Waals surface area (Å²) in [5.74, 6) is 0. The van der Waals surface area contributed by atoms with E-state index in [-0.39, 0.29) is 154 Å². The Balaban J connectivity index is -0.00000000889. The summed E-state index contributed by atoms with van der Waals surface area (Å²) < 4.78 is 13.7. The minimum Gasteiger partial charge on any atom is -1.00 e. The third-order valence-corrected chi connectivity index (χ3v) is 0.797. The molecule has 6 nitrogen and oxygen atoms in total. The van der Waals surface area contributed by atoms with Crippen molar-refractivity contribution in [1.29, 1.82) is 0 Å². The topological polar surface area (TPSA) is 105 Å². The van der Waals surface area contributed by atoms with E-state index in [1.54, 1.807) is 0 Å². The average Bonchev–Trinajstić information content (AvgIpc) is 1.63. The van der Waals surface area contributed by atoms with Crippen LogP contribution < -0.4 is 129 Å². The van der Waals surface area contributed by atoms with Crippen LogP contribution in [0, 0.1) is 0 Å². The Morgan fingerprint density at radius 1 is 1.29 bits per heavy atom. The minimum atomic E-state index is -4.36. The summed E-state index contributed by atoms with van der Waals surface area (Å²) in [6.45, 7) is 0.477. The van der Waals surface area contributed by atoms with E-state index in [9.17, 15) is 4.57 Å². The van der Waals surface area contributed by atoms with Crippen molar-refractivity contribution in [2.75, 3.05) is 13.1 Å². The summed E-state index contributed by atoms with van der Waals surface area (Å²) in [6.07, 6.45) is 0. The maximum atomic E-state index is 9.87. The molecule has 0 aliphatic heterocycles. The third-order valence-electron chi connectivity index (χ3n) is 0.430. The van der Waals surface area contributed by atoms with Crippen molar-refractivity contribution in [3.8, 4) is 0 Å². The van der Waals surface area contributed by atoms with Crippen molar-refractivity contribution in [2.24, 2.45) is 5.73 Å². The van der Waals surface area contributed by atoms with Gasteiger partial charge in [-0.25, -0.2) is 4.57 Å². The third kappa shape index (κ3) is 36.0. The number of nitrogens with two attached hydrogens (primary N) is 1. The Morgan fingerprint density at radius 3 is 1.86 bits per heavy atom. The van der Waals surface area contributed by atoms with E-state index in [4.69, 9.17) is 15.5 Å². The molecule has 0 aliphatic carbocycles. The zero-order valence-electron chi connectivity index (χ0n) is 13.0. The molecule has 0 fully saturated rings. The van der Waals surface area contributed by atoms with E-state index in [0.29, 0.717) is 0 Å². The predicted molar refractivity (Wildman–Crippen MR) is 34.6 cm³/mol. The largest absolute Gasteiger partial charge is 1.00 e. The van der Waals surface area contributed by atoms with Crippen LogP contribution in [0.5, 0.6) is 0 Å². The molecule has 1 radical (unpaired) electrons. The maximum Gasteiger partial charge on any atom is 1.00 e. The molecule has 71 valence electrons. The van der Waals surface area contributed by atoms with Gasteiger partial charge in [0, 0.05) is 30.2 Å². The number of hydroxylamine groups is 1. The molecule has 0 aromatic carbocycles. The first-order valence-corrected chi connectivity index (χ1v) is 3.76. The van der Waals surface area contributed by atoms with Gasteiger partial charge in [-0.2, -0.15) is 10.1 Å². The van der Waals surface area contributed by atoms with Crippen LogP contribution in [0.1, 0.15) is 5.71 Å². The number of phosphoric acid groups is 1. The van der Waals surface area contributed by atoms with Crippen LogP contribution in [0.15, 0.2) is 0 Å². The van der Waals surface area contributed by atoms with E-state index in [1.165, 1.54) is 0 Å². The van der Waals surface area contributed by atoms with Gasteiger partial charge in [0.05, 0.1) is 0 Å². The molecule has 0 atom stereocenters. The Kier molecular flexibility index (Phi) is 58.8. The zero-order valence-corrected chi connectivity index (χ0v) is 19.1. The summed E-state index contributed by atoms with van der Waals surface area (Å²) >= 11 is 0. The fraction of sp³-hybridized carbons (Fsp3) is 1.00. The molecule has 0 heterocycles. The van der Waals surface area contributed by atoms with Gasteiger partial charge in [-0.1, -0.05) is 0 Å². The first kappa shape index (κ1) is 36.3. The van der Waals surface area contributed by atoms with Gasteiger partial charge in [-0.3, -0.25) is 0 Å². The average molecular weight is 307 g/mol. The summed E-state index contributed by atoms with van der Waals surface area (Å²) in [6, 6.07) is 0. The normalized spacial score (nSPS) is 7.64. The second-order valence-electron chi connectivity index (χ2n) is 1.26. The van der Waals surface area contributed by atoms with Crippen LogP contribution in [0.2, 0.25) is 0 Å². The molecule has 5 N–H and O–H groups in total. The van der Waals surface area contributed by atoms with E-state index in [1.807, 2.05) is 5.48 Å². The fourth-order valence-corrected chi connectivity index (χ4v) is 0.448. The van der Waals surface area contributed by atoms with Crippen molar-refractivity contribution in [1.82, 2.24) is 5.48 Å². The summed E-state index contributed by atoms with van der Waals surface area (Å²) in [7, 11) is -4.36. The monoisotopic (exact) mass is 307 g/mol. The smallest absolute Gasteiger partial charge is 1.00 e. The number of hydrogen-bond acceptors (Lipinski definition) is 4. The molecule has 0 amide bonds. The van der Waals surface area contributed by atoms with Gasteiger partial charge in [0.2, 0.25) is 0 Å². The fourth-order valence-electron chi connectivity index (χ4n) is 0.189. The Morgan fingerprint density at radius 2 is 1.64 bits per heavy atom. The molecule has 0 bridgehead atoms. The van der Waals surface area contributed by atoms with Crippen LogP contribution >= 0.6 is 7.82 Å². The van der Waals surface area contributed by atoms with Crippen molar-refractivity contribution in [2.45, 2.75) is 0 Å². The molecule has 12 heteroatoms. The van der Waals surface area contributed by atoms with Crippen LogP contribution in [0.3, 0.4) is 0 Å². The molecule has 14 heavy (non-hydrogen) atoms. The molecule has 0 spiro atoms. The Hall–Kier alpha value is 4.55. The SMILES string of the molecule is NCCNOP(=O)(O)O.[H-].[H-].[H-].[H-].[Mn].[Na+].[Na+].[Na+].[Na+]. The molecular formula is C2H13MnN2Na4O4P. The van der Waals surface area contributed by atoms with Crippen LogP contribution in [-0.2, 0) is 26.3 Å². The molecule has 0 saturated carbocycles. The van der Waals surface area contributed by atoms with Crippen LogP contribution in [0.4, 0.5) is 0 Å². The number of rotatable bonds is 4. The molecule has 0 aromatic heterocycles. The molecule has 0 aliphatic rings. The first-order valence-electron chi connectivity index (χ1n) is 2.23. The van der Waals surface area contributed by atoms with Gasteiger partial charge < -0.3 is 21.2 Å². The quantitative estimate of drug-likeness (QED) is 0.178. The van der Waals surface area contributed by atoms with Crippen LogP contribution in [-0.4, -0.2) is 22.9 Å². The van der Waals surface area contributed by atoms with Gasteiger partial charge in [-0.15, -0.1) is 0 Å². The van der Waals surface area contributed by atoms with E-state index < -0.39 is 7.82 Å². The Labute approximate surface area is 188 Å². The summed E-state index contributed by atoms with van der Waals surface area (Å²) in [5.41, 5.74) is 6.95. The summed E-state index contributed by atoms with van der Waals surface area (Å²) in [5, 5.41) is 0. The molecule has 0 saturated heterocycles. The van der Waals surface area contributed by atoms with Gasteiger partial charge in [0.15, 0.2) is 0 Å². The van der Waals surface area contributed by atoms with E-state index >= 15 is 0 Å².